The summed E-state index contributed by atoms with van der Waals surface area (Å²) in [5, 5.41) is 0. The molecule has 5 nitrogen and oxygen atoms in total. The smallest absolute Gasteiger partial charge is 0.186 e. The van der Waals surface area contributed by atoms with E-state index < -0.39 is 0 Å². The molecule has 3 N–H and O–H groups in total. The van der Waals surface area contributed by atoms with E-state index in [-0.39, 0.29) is 0 Å². The van der Waals surface area contributed by atoms with Crippen molar-refractivity contribution >= 4 is 5.82 Å². The van der Waals surface area contributed by atoms with E-state index >= 15 is 0 Å². The molecule has 1 heterocycles. The molecule has 1 aromatic heterocycles. The van der Waals surface area contributed by atoms with Crippen molar-refractivity contribution in [3.63, 3.8) is 0 Å². The lowest BCUT2D eigenvalue weighted by Gasteiger charge is -2.05. The van der Waals surface area contributed by atoms with Crippen LogP contribution in [0, 0.1) is 6.92 Å². The maximum atomic E-state index is 5.17. The number of aromatic nitrogens is 2. The predicted octanol–water partition coefficient (Wildman–Crippen LogP) is 0.0792. The molecule has 0 radical (unpaired) electrons. The molecule has 0 bridgehead atoms. The Morgan fingerprint density at radius 1 is 1.64 bits per heavy atom. The van der Waals surface area contributed by atoms with Gasteiger partial charge in [0.25, 0.3) is 0 Å². The van der Waals surface area contributed by atoms with Crippen LogP contribution in [0.2, 0.25) is 0 Å². The van der Waals surface area contributed by atoms with Gasteiger partial charge in [-0.25, -0.2) is 15.8 Å². The van der Waals surface area contributed by atoms with Gasteiger partial charge in [0.15, 0.2) is 11.6 Å². The van der Waals surface area contributed by atoms with Crippen LogP contribution in [0.3, 0.4) is 0 Å². The van der Waals surface area contributed by atoms with Crippen LogP contribution >= 0.6 is 0 Å². The zero-order chi connectivity index (χ0) is 8.27. The van der Waals surface area contributed by atoms with E-state index in [1.165, 1.54) is 7.11 Å². The number of rotatable bonds is 2. The predicted molar refractivity (Wildman–Crippen MR) is 41.1 cm³/mol. The molecule has 0 aliphatic rings. The van der Waals surface area contributed by atoms with Crippen LogP contribution in [0.5, 0.6) is 5.75 Å². The summed E-state index contributed by atoms with van der Waals surface area (Å²) in [6.45, 7) is 1.78. The highest BCUT2D eigenvalue weighted by atomic mass is 16.5. The van der Waals surface area contributed by atoms with Crippen molar-refractivity contribution in [1.29, 1.82) is 0 Å². The van der Waals surface area contributed by atoms with Crippen LogP contribution in [-0.4, -0.2) is 17.1 Å². The number of aryl methyl sites for hydroxylation is 1. The number of nitrogen functional groups attached to an aromatic ring is 1. The Kier molecular flexibility index (Phi) is 2.22. The molecular weight excluding hydrogens is 144 g/mol. The zero-order valence-corrected chi connectivity index (χ0v) is 6.46. The van der Waals surface area contributed by atoms with E-state index in [4.69, 9.17) is 10.6 Å². The fourth-order valence-corrected chi connectivity index (χ4v) is 0.712. The molecule has 0 saturated heterocycles. The average molecular weight is 154 g/mol. The van der Waals surface area contributed by atoms with Gasteiger partial charge < -0.3 is 10.2 Å². The third-order valence-electron chi connectivity index (χ3n) is 1.23. The van der Waals surface area contributed by atoms with E-state index in [1.807, 2.05) is 0 Å². The Balaban J connectivity index is 3.06. The number of methoxy groups -OCH3 is 1. The first kappa shape index (κ1) is 7.74. The minimum atomic E-state index is 0.500. The number of nitrogens with one attached hydrogen (secondary N) is 1. The second-order valence-electron chi connectivity index (χ2n) is 1.98. The van der Waals surface area contributed by atoms with Gasteiger partial charge in [-0.3, -0.25) is 0 Å². The first-order chi connectivity index (χ1) is 5.27. The molecule has 1 aromatic rings. The molecule has 0 atom stereocenters. The van der Waals surface area contributed by atoms with Crippen LogP contribution in [0.4, 0.5) is 5.82 Å². The lowest BCUT2D eigenvalue weighted by molar-refractivity contribution is 0.412. The third kappa shape index (κ3) is 1.56. The van der Waals surface area contributed by atoms with E-state index in [2.05, 4.69) is 15.4 Å². The number of nitrogens with two attached hydrogens (primary N) is 1. The van der Waals surface area contributed by atoms with Crippen LogP contribution in [0.1, 0.15) is 5.82 Å². The van der Waals surface area contributed by atoms with Crippen molar-refractivity contribution in [2.75, 3.05) is 12.5 Å². The Morgan fingerprint density at radius 3 is 2.91 bits per heavy atom. The van der Waals surface area contributed by atoms with Crippen molar-refractivity contribution in [3.05, 3.63) is 12.0 Å². The standard InChI is InChI=1S/C6H10N4O/c1-4-8-3-5(11-2)6(9-4)10-7/h3H,7H2,1-2H3,(H,8,9,10). The lowest BCUT2D eigenvalue weighted by atomic mass is 10.5. The fraction of sp³-hybridized carbons (Fsp3) is 0.333. The summed E-state index contributed by atoms with van der Waals surface area (Å²) in [6.07, 6.45) is 1.57. The number of hydrogen-bond donors (Lipinski definition) is 2. The highest BCUT2D eigenvalue weighted by Gasteiger charge is 2.02. The van der Waals surface area contributed by atoms with E-state index in [0.717, 1.165) is 0 Å². The Hall–Kier alpha value is -1.36. The summed E-state index contributed by atoms with van der Waals surface area (Å²) < 4.78 is 4.92. The van der Waals surface area contributed by atoms with E-state index in [9.17, 15) is 0 Å². The molecule has 0 aliphatic carbocycles. The minimum absolute atomic E-state index is 0.500. The fourth-order valence-electron chi connectivity index (χ4n) is 0.712. The number of anilines is 1. The molecule has 5 heteroatoms. The van der Waals surface area contributed by atoms with Gasteiger partial charge in [0, 0.05) is 0 Å². The summed E-state index contributed by atoms with van der Waals surface area (Å²) in [5.74, 6) is 6.87. The molecular formula is C6H10N4O. The number of ether oxygens (including phenoxy) is 1. The van der Waals surface area contributed by atoms with E-state index in [1.54, 1.807) is 13.1 Å². The molecule has 0 amide bonds. The molecule has 60 valence electrons. The third-order valence-corrected chi connectivity index (χ3v) is 1.23. The number of nitrogens with zero attached hydrogens (tertiary/aromatic N) is 2. The van der Waals surface area contributed by atoms with Crippen LogP contribution in [-0.2, 0) is 0 Å². The SMILES string of the molecule is COc1cnc(C)nc1NN. The maximum Gasteiger partial charge on any atom is 0.186 e. The summed E-state index contributed by atoms with van der Waals surface area (Å²) in [6, 6.07) is 0. The summed E-state index contributed by atoms with van der Waals surface area (Å²) in [5.41, 5.74) is 2.41. The van der Waals surface area contributed by atoms with Crippen molar-refractivity contribution in [1.82, 2.24) is 9.97 Å². The van der Waals surface area contributed by atoms with Gasteiger partial charge >= 0.3 is 0 Å². The average Bonchev–Trinajstić information content (AvgIpc) is 2.04. The zero-order valence-electron chi connectivity index (χ0n) is 6.46. The minimum Gasteiger partial charge on any atom is -0.491 e. The second kappa shape index (κ2) is 3.16. The second-order valence-corrected chi connectivity index (χ2v) is 1.98. The molecule has 11 heavy (non-hydrogen) atoms. The van der Waals surface area contributed by atoms with Gasteiger partial charge in [0.05, 0.1) is 13.3 Å². The largest absolute Gasteiger partial charge is 0.491 e. The topological polar surface area (TPSA) is 73.1 Å². The van der Waals surface area contributed by atoms with Gasteiger partial charge in [-0.05, 0) is 6.92 Å². The van der Waals surface area contributed by atoms with Gasteiger partial charge in [-0.1, -0.05) is 0 Å². The van der Waals surface area contributed by atoms with Crippen molar-refractivity contribution in [2.24, 2.45) is 5.84 Å². The lowest BCUT2D eigenvalue weighted by Crippen LogP contribution is -2.11. The first-order valence-corrected chi connectivity index (χ1v) is 3.12. The van der Waals surface area contributed by atoms with Gasteiger partial charge in [0.2, 0.25) is 0 Å². The summed E-state index contributed by atoms with van der Waals surface area (Å²) in [7, 11) is 1.54. The Bertz CT molecular complexity index is 250. The number of hydrazine groups is 1. The molecule has 0 unspecified atom stereocenters. The Labute approximate surface area is 64.6 Å². The van der Waals surface area contributed by atoms with Crippen molar-refractivity contribution in [2.45, 2.75) is 6.92 Å². The highest BCUT2D eigenvalue weighted by Crippen LogP contribution is 2.17. The highest BCUT2D eigenvalue weighted by molar-refractivity contribution is 5.47. The van der Waals surface area contributed by atoms with Gasteiger partial charge in [-0.15, -0.1) is 0 Å². The first-order valence-electron chi connectivity index (χ1n) is 3.12. The quantitative estimate of drug-likeness (QED) is 0.466. The normalized spacial score (nSPS) is 9.36. The molecule has 0 spiro atoms. The molecule has 0 aliphatic heterocycles. The Morgan fingerprint density at radius 2 is 2.36 bits per heavy atom. The van der Waals surface area contributed by atoms with Crippen LogP contribution in [0.25, 0.3) is 0 Å². The van der Waals surface area contributed by atoms with Gasteiger partial charge in [-0.2, -0.15) is 0 Å². The van der Waals surface area contributed by atoms with Crippen molar-refractivity contribution < 1.29 is 4.74 Å². The van der Waals surface area contributed by atoms with Gasteiger partial charge in [0.1, 0.15) is 5.82 Å². The molecule has 0 saturated carbocycles. The van der Waals surface area contributed by atoms with E-state index in [0.29, 0.717) is 17.4 Å². The maximum absolute atomic E-state index is 5.17. The molecule has 1 rings (SSSR count). The summed E-state index contributed by atoms with van der Waals surface area (Å²) in [4.78, 5) is 7.92. The monoisotopic (exact) mass is 154 g/mol. The molecule has 0 fully saturated rings. The van der Waals surface area contributed by atoms with Crippen LogP contribution < -0.4 is 16.0 Å². The number of hydrogen-bond acceptors (Lipinski definition) is 5. The van der Waals surface area contributed by atoms with Crippen LogP contribution in [0.15, 0.2) is 6.20 Å². The van der Waals surface area contributed by atoms with Crippen molar-refractivity contribution in [3.8, 4) is 5.75 Å². The summed E-state index contributed by atoms with van der Waals surface area (Å²) >= 11 is 0. The molecule has 0 aromatic carbocycles.